The number of rotatable bonds is 5. The van der Waals surface area contributed by atoms with Gasteiger partial charge in [0.15, 0.2) is 11.2 Å². The molecule has 0 radical (unpaired) electrons. The van der Waals surface area contributed by atoms with E-state index in [0.717, 1.165) is 21.9 Å². The lowest BCUT2D eigenvalue weighted by atomic mass is 9.89. The highest BCUT2D eigenvalue weighted by atomic mass is 19.4. The molecule has 3 heterocycles. The number of nitrogens with one attached hydrogen (secondary N) is 2. The minimum Gasteiger partial charge on any atom is -0.497 e. The summed E-state index contributed by atoms with van der Waals surface area (Å²) < 4.78 is 45.1. The van der Waals surface area contributed by atoms with E-state index >= 15 is 0 Å². The third kappa shape index (κ3) is 3.78. The lowest BCUT2D eigenvalue weighted by Crippen LogP contribution is -2.51. The van der Waals surface area contributed by atoms with Gasteiger partial charge in [-0.25, -0.2) is 9.48 Å². The van der Waals surface area contributed by atoms with Gasteiger partial charge in [-0.05, 0) is 41.5 Å². The average Bonchev–Trinajstić information content (AvgIpc) is 3.51. The molecule has 0 bridgehead atoms. The summed E-state index contributed by atoms with van der Waals surface area (Å²) in [6.45, 7) is 4.74. The number of halogens is 3. The van der Waals surface area contributed by atoms with Crippen molar-refractivity contribution in [3.8, 4) is 11.4 Å². The van der Waals surface area contributed by atoms with Gasteiger partial charge in [0.2, 0.25) is 0 Å². The van der Waals surface area contributed by atoms with Crippen LogP contribution in [0.25, 0.3) is 11.4 Å². The molecule has 11 heteroatoms. The Hall–Kier alpha value is -4.28. The molecule has 2 aliphatic rings. The molecule has 1 fully saturated rings. The van der Waals surface area contributed by atoms with Gasteiger partial charge in [0.1, 0.15) is 5.75 Å². The Morgan fingerprint density at radius 1 is 1.14 bits per heavy atom. The van der Waals surface area contributed by atoms with E-state index in [1.54, 1.807) is 31.4 Å². The molecule has 0 saturated carbocycles. The molecule has 0 aliphatic carbocycles. The first-order valence-electron chi connectivity index (χ1n) is 10.6. The van der Waals surface area contributed by atoms with Crippen LogP contribution in [0.2, 0.25) is 0 Å². The zero-order valence-corrected chi connectivity index (χ0v) is 18.5. The molecule has 2 N–H and O–H groups in total. The normalized spacial score (nSPS) is 19.5. The van der Waals surface area contributed by atoms with E-state index in [-0.39, 0.29) is 6.54 Å². The van der Waals surface area contributed by atoms with Gasteiger partial charge in [-0.2, -0.15) is 18.3 Å². The second-order valence-electron chi connectivity index (χ2n) is 8.33. The van der Waals surface area contributed by atoms with Gasteiger partial charge in [0, 0.05) is 24.0 Å². The second-order valence-corrected chi connectivity index (χ2v) is 8.33. The summed E-state index contributed by atoms with van der Waals surface area (Å²) in [5.74, 6) is 0.145. The number of nitrogens with zero attached hydrogens (tertiary/aromatic N) is 3. The molecule has 3 aromatic rings. The molecule has 8 nitrogen and oxygen atoms in total. The highest BCUT2D eigenvalue weighted by Gasteiger charge is 2.49. The number of hydrogen-bond acceptors (Lipinski definition) is 5. The fraction of sp³-hybridized carbons (Fsp3) is 0.208. The lowest BCUT2D eigenvalue weighted by molar-refractivity contribution is -0.141. The third-order valence-electron chi connectivity index (χ3n) is 6.24. The standard InChI is InChI=1S/C24H20F3N5O3/c1-14-19-11-18(35-2)8-3-15(19)12-31(14)13-23(21(33)28-22(34)29-23)16-4-6-17(7-5-16)32-10-9-20(30-32)24(25,26)27/h3-11H,1,12-13H2,2H3,(H2,28,29,33,34)/t23-/m0/s1. The van der Waals surface area contributed by atoms with Gasteiger partial charge in [0.25, 0.3) is 5.91 Å². The summed E-state index contributed by atoms with van der Waals surface area (Å²) in [5, 5.41) is 8.59. The van der Waals surface area contributed by atoms with Crippen LogP contribution in [-0.4, -0.2) is 40.3 Å². The summed E-state index contributed by atoms with van der Waals surface area (Å²) in [6.07, 6.45) is -3.35. The maximum atomic E-state index is 13.0. The maximum Gasteiger partial charge on any atom is 0.435 e. The first-order chi connectivity index (χ1) is 16.6. The van der Waals surface area contributed by atoms with Crippen LogP contribution >= 0.6 is 0 Å². The molecular weight excluding hydrogens is 463 g/mol. The van der Waals surface area contributed by atoms with Crippen molar-refractivity contribution >= 4 is 17.6 Å². The Bertz CT molecular complexity index is 1350. The number of amides is 3. The van der Waals surface area contributed by atoms with Crippen LogP contribution in [-0.2, 0) is 23.1 Å². The summed E-state index contributed by atoms with van der Waals surface area (Å²) in [5.41, 5.74) is 0.975. The molecule has 1 saturated heterocycles. The Kier molecular flexibility index (Phi) is 5.08. The monoisotopic (exact) mass is 483 g/mol. The van der Waals surface area contributed by atoms with Gasteiger partial charge in [0.05, 0.1) is 19.3 Å². The molecule has 1 aromatic heterocycles. The minimum atomic E-state index is -4.55. The molecule has 0 spiro atoms. The van der Waals surface area contributed by atoms with Crippen molar-refractivity contribution < 1.29 is 27.5 Å². The number of methoxy groups -OCH3 is 1. The molecular formula is C24H20F3N5O3. The van der Waals surface area contributed by atoms with E-state index < -0.39 is 29.3 Å². The Balaban J connectivity index is 1.45. The number of hydrogen-bond donors (Lipinski definition) is 2. The quantitative estimate of drug-likeness (QED) is 0.543. The summed E-state index contributed by atoms with van der Waals surface area (Å²) in [7, 11) is 1.57. The Morgan fingerprint density at radius 3 is 2.49 bits per heavy atom. The third-order valence-corrected chi connectivity index (χ3v) is 6.24. The second kappa shape index (κ2) is 7.90. The largest absolute Gasteiger partial charge is 0.497 e. The van der Waals surface area contributed by atoms with Crippen LogP contribution in [0, 0.1) is 0 Å². The van der Waals surface area contributed by atoms with Crippen molar-refractivity contribution in [1.82, 2.24) is 25.3 Å². The highest BCUT2D eigenvalue weighted by molar-refractivity contribution is 6.07. The first-order valence-corrected chi connectivity index (χ1v) is 10.6. The van der Waals surface area contributed by atoms with Crippen molar-refractivity contribution in [2.24, 2.45) is 0 Å². The number of imide groups is 1. The van der Waals surface area contributed by atoms with Crippen LogP contribution in [0.15, 0.2) is 61.3 Å². The van der Waals surface area contributed by atoms with Crippen LogP contribution in [0.1, 0.15) is 22.4 Å². The van der Waals surface area contributed by atoms with Gasteiger partial charge >= 0.3 is 12.2 Å². The molecule has 35 heavy (non-hydrogen) atoms. The maximum absolute atomic E-state index is 13.0. The SMILES string of the molecule is C=C1c2cc(OC)ccc2CN1C[C@@]1(c2ccc(-n3ccc(C(F)(F)F)n3)cc2)NC(=O)NC1=O. The van der Waals surface area contributed by atoms with Crippen LogP contribution in [0.4, 0.5) is 18.0 Å². The molecule has 180 valence electrons. The van der Waals surface area contributed by atoms with Gasteiger partial charge in [-0.15, -0.1) is 0 Å². The number of fused-ring (bicyclic) bond motifs is 1. The topological polar surface area (TPSA) is 88.5 Å². The number of urea groups is 1. The van der Waals surface area contributed by atoms with E-state index in [1.165, 1.54) is 6.20 Å². The number of ether oxygens (including phenoxy) is 1. The van der Waals surface area contributed by atoms with Gasteiger partial charge in [-0.3, -0.25) is 10.1 Å². The zero-order chi connectivity index (χ0) is 25.0. The van der Waals surface area contributed by atoms with Crippen molar-refractivity contribution in [3.63, 3.8) is 0 Å². The number of benzene rings is 2. The molecule has 3 amide bonds. The molecule has 1 atom stereocenters. The minimum absolute atomic E-state index is 0.0970. The number of carbonyl (C=O) groups excluding carboxylic acids is 2. The van der Waals surface area contributed by atoms with Gasteiger partial charge in [-0.1, -0.05) is 24.8 Å². The summed E-state index contributed by atoms with van der Waals surface area (Å²) >= 11 is 0. The fourth-order valence-electron chi connectivity index (χ4n) is 4.41. The average molecular weight is 483 g/mol. The number of carbonyl (C=O) groups is 2. The molecule has 5 rings (SSSR count). The molecule has 0 unspecified atom stereocenters. The highest BCUT2D eigenvalue weighted by Crippen LogP contribution is 2.37. The summed E-state index contributed by atoms with van der Waals surface area (Å²) in [4.78, 5) is 27.1. The van der Waals surface area contributed by atoms with Crippen LogP contribution in [0.5, 0.6) is 5.75 Å². The predicted molar refractivity (Wildman–Crippen MR) is 119 cm³/mol. The lowest BCUT2D eigenvalue weighted by Gasteiger charge is -2.33. The van der Waals surface area contributed by atoms with Gasteiger partial charge < -0.3 is 15.0 Å². The molecule has 2 aromatic carbocycles. The fourth-order valence-corrected chi connectivity index (χ4v) is 4.41. The van der Waals surface area contributed by atoms with Crippen molar-refractivity contribution in [2.75, 3.05) is 13.7 Å². The molecule has 2 aliphatic heterocycles. The van der Waals surface area contributed by atoms with Crippen LogP contribution in [0.3, 0.4) is 0 Å². The van der Waals surface area contributed by atoms with E-state index in [4.69, 9.17) is 4.74 Å². The zero-order valence-electron chi connectivity index (χ0n) is 18.5. The predicted octanol–water partition coefficient (Wildman–Crippen LogP) is 3.42. The number of aromatic nitrogens is 2. The van der Waals surface area contributed by atoms with Crippen molar-refractivity contribution in [1.29, 1.82) is 0 Å². The van der Waals surface area contributed by atoms with E-state index in [1.807, 2.05) is 23.1 Å². The van der Waals surface area contributed by atoms with Crippen molar-refractivity contribution in [2.45, 2.75) is 18.3 Å². The van der Waals surface area contributed by atoms with Crippen LogP contribution < -0.4 is 15.4 Å². The summed E-state index contributed by atoms with van der Waals surface area (Å²) in [6, 6.07) is 12.1. The first kappa shape index (κ1) is 22.5. The smallest absolute Gasteiger partial charge is 0.435 e. The van der Waals surface area contributed by atoms with E-state index in [2.05, 4.69) is 22.3 Å². The number of alkyl halides is 3. The Morgan fingerprint density at radius 2 is 1.89 bits per heavy atom. The van der Waals surface area contributed by atoms with E-state index in [9.17, 15) is 22.8 Å². The van der Waals surface area contributed by atoms with Crippen molar-refractivity contribution in [3.05, 3.63) is 83.7 Å². The van der Waals surface area contributed by atoms with E-state index in [0.29, 0.717) is 29.2 Å². The Labute approximate surface area is 198 Å².